The van der Waals surface area contributed by atoms with Crippen LogP contribution < -0.4 is 14.2 Å². The average molecular weight is 497 g/mol. The van der Waals surface area contributed by atoms with Gasteiger partial charge in [0, 0.05) is 17.7 Å². The second kappa shape index (κ2) is 11.9. The molecule has 1 N–H and O–H groups in total. The number of likely N-dealkylation sites (tertiary alicyclic amines) is 1. The summed E-state index contributed by atoms with van der Waals surface area (Å²) in [6, 6.07) is 11.2. The minimum Gasteiger partial charge on any atom is -0.507 e. The lowest BCUT2D eigenvalue weighted by atomic mass is 9.94. The third-order valence-corrected chi connectivity index (χ3v) is 5.99. The highest BCUT2D eigenvalue weighted by atomic mass is 16.5. The molecule has 0 aliphatic carbocycles. The number of nitrogens with zero attached hydrogens (tertiary/aromatic N) is 2. The highest BCUT2D eigenvalue weighted by molar-refractivity contribution is 6.46. The maximum atomic E-state index is 13.3. The van der Waals surface area contributed by atoms with Gasteiger partial charge in [0.1, 0.15) is 23.0 Å². The van der Waals surface area contributed by atoms with Gasteiger partial charge in [-0.3, -0.25) is 9.59 Å². The van der Waals surface area contributed by atoms with Gasteiger partial charge in [-0.1, -0.05) is 13.8 Å². The van der Waals surface area contributed by atoms with Crippen molar-refractivity contribution in [3.05, 3.63) is 59.2 Å². The zero-order valence-electron chi connectivity index (χ0n) is 21.9. The van der Waals surface area contributed by atoms with E-state index in [-0.39, 0.29) is 11.3 Å². The van der Waals surface area contributed by atoms with Gasteiger partial charge in [0.2, 0.25) is 0 Å². The fraction of sp³-hybridized carbons (Fsp3) is 0.429. The Morgan fingerprint density at radius 3 is 2.28 bits per heavy atom. The van der Waals surface area contributed by atoms with E-state index in [0.29, 0.717) is 53.9 Å². The molecular formula is C28H36N2O6. The van der Waals surface area contributed by atoms with E-state index < -0.39 is 17.7 Å². The predicted molar refractivity (Wildman–Crippen MR) is 139 cm³/mol. The first-order valence-corrected chi connectivity index (χ1v) is 12.1. The quantitative estimate of drug-likeness (QED) is 0.285. The molecule has 194 valence electrons. The van der Waals surface area contributed by atoms with Crippen LogP contribution in [0, 0.1) is 5.92 Å². The number of benzene rings is 2. The Morgan fingerprint density at radius 2 is 1.69 bits per heavy atom. The van der Waals surface area contributed by atoms with Crippen molar-refractivity contribution < 1.29 is 28.9 Å². The Bertz CT molecular complexity index is 1110. The SMILES string of the molecule is COc1ccc(OC)c([C@H]2/C(=C(\O)c3ccc(OCC(C)C)cc3)C(=O)C(=O)N2CCCN(C)C)c1. The monoisotopic (exact) mass is 496 g/mol. The van der Waals surface area contributed by atoms with Crippen LogP contribution in [0.4, 0.5) is 0 Å². The molecule has 1 amide bonds. The maximum absolute atomic E-state index is 13.3. The van der Waals surface area contributed by atoms with Crippen LogP contribution in [-0.4, -0.2) is 74.6 Å². The molecule has 1 fully saturated rings. The molecule has 8 nitrogen and oxygen atoms in total. The Balaban J connectivity index is 2.10. The standard InChI is InChI=1S/C28H36N2O6/c1-18(2)17-36-20-10-8-19(9-11-20)26(31)24-25(22-16-21(34-5)12-13-23(22)35-6)30(28(33)27(24)32)15-7-14-29(3)4/h8-13,16,18,25,31H,7,14-15,17H2,1-6H3/b26-24+/t25-/m0/s1. The van der Waals surface area contributed by atoms with Crippen molar-refractivity contribution in [3.63, 3.8) is 0 Å². The number of Topliss-reactive ketones (excluding diaryl/α,β-unsaturated/α-hetero) is 1. The first-order valence-electron chi connectivity index (χ1n) is 12.1. The van der Waals surface area contributed by atoms with Gasteiger partial charge >= 0.3 is 0 Å². The van der Waals surface area contributed by atoms with E-state index in [1.165, 1.54) is 12.0 Å². The fourth-order valence-corrected chi connectivity index (χ4v) is 4.17. The van der Waals surface area contributed by atoms with Crippen molar-refractivity contribution in [2.75, 3.05) is 48.0 Å². The van der Waals surface area contributed by atoms with Crippen LogP contribution in [0.15, 0.2) is 48.0 Å². The van der Waals surface area contributed by atoms with Crippen molar-refractivity contribution in [2.45, 2.75) is 26.3 Å². The van der Waals surface area contributed by atoms with E-state index in [1.54, 1.807) is 49.6 Å². The molecule has 0 unspecified atom stereocenters. The lowest BCUT2D eigenvalue weighted by Crippen LogP contribution is -2.32. The molecule has 0 aromatic heterocycles. The first-order chi connectivity index (χ1) is 17.2. The summed E-state index contributed by atoms with van der Waals surface area (Å²) in [5.41, 5.74) is 1.01. The number of hydrogen-bond acceptors (Lipinski definition) is 7. The number of rotatable bonds is 11. The summed E-state index contributed by atoms with van der Waals surface area (Å²) in [7, 11) is 6.97. The molecule has 1 aliphatic rings. The topological polar surface area (TPSA) is 88.5 Å². The molecule has 2 aromatic carbocycles. The van der Waals surface area contributed by atoms with E-state index in [2.05, 4.69) is 13.8 Å². The molecular weight excluding hydrogens is 460 g/mol. The van der Waals surface area contributed by atoms with Gasteiger partial charge in [-0.2, -0.15) is 0 Å². The average Bonchev–Trinajstić information content (AvgIpc) is 3.11. The fourth-order valence-electron chi connectivity index (χ4n) is 4.17. The number of ether oxygens (including phenoxy) is 3. The van der Waals surface area contributed by atoms with Gasteiger partial charge < -0.3 is 29.1 Å². The molecule has 3 rings (SSSR count). The van der Waals surface area contributed by atoms with Gasteiger partial charge in [-0.25, -0.2) is 0 Å². The third kappa shape index (κ3) is 5.99. The van der Waals surface area contributed by atoms with Crippen LogP contribution >= 0.6 is 0 Å². The van der Waals surface area contributed by atoms with Crippen molar-refractivity contribution in [1.82, 2.24) is 9.80 Å². The van der Waals surface area contributed by atoms with E-state index in [1.807, 2.05) is 19.0 Å². The molecule has 1 aliphatic heterocycles. The summed E-state index contributed by atoms with van der Waals surface area (Å²) in [4.78, 5) is 30.0. The van der Waals surface area contributed by atoms with Gasteiger partial charge in [-0.15, -0.1) is 0 Å². The number of methoxy groups -OCH3 is 2. The third-order valence-electron chi connectivity index (χ3n) is 5.99. The highest BCUT2D eigenvalue weighted by Crippen LogP contribution is 2.44. The first kappa shape index (κ1) is 27.1. The van der Waals surface area contributed by atoms with Crippen molar-refractivity contribution in [2.24, 2.45) is 5.92 Å². The molecule has 0 saturated carbocycles. The van der Waals surface area contributed by atoms with Gasteiger partial charge in [0.25, 0.3) is 11.7 Å². The summed E-state index contributed by atoms with van der Waals surface area (Å²) < 4.78 is 16.7. The molecule has 1 saturated heterocycles. The lowest BCUT2D eigenvalue weighted by molar-refractivity contribution is -0.140. The Morgan fingerprint density at radius 1 is 1.03 bits per heavy atom. The number of hydrogen-bond donors (Lipinski definition) is 1. The number of ketones is 1. The van der Waals surface area contributed by atoms with E-state index in [4.69, 9.17) is 14.2 Å². The number of carbonyl (C=O) groups excluding carboxylic acids is 2. The molecule has 8 heteroatoms. The largest absolute Gasteiger partial charge is 0.507 e. The Kier molecular flexibility index (Phi) is 8.98. The van der Waals surface area contributed by atoms with Gasteiger partial charge in [-0.05, 0) is 75.4 Å². The number of aliphatic hydroxyl groups excluding tert-OH is 1. The molecule has 0 spiro atoms. The van der Waals surface area contributed by atoms with Crippen molar-refractivity contribution in [3.8, 4) is 17.2 Å². The zero-order chi connectivity index (χ0) is 26.4. The molecule has 1 atom stereocenters. The highest BCUT2D eigenvalue weighted by Gasteiger charge is 2.47. The number of aliphatic hydroxyl groups is 1. The summed E-state index contributed by atoms with van der Waals surface area (Å²) in [5.74, 6) is 0.456. The van der Waals surface area contributed by atoms with Crippen LogP contribution in [-0.2, 0) is 9.59 Å². The smallest absolute Gasteiger partial charge is 0.295 e. The van der Waals surface area contributed by atoms with Crippen molar-refractivity contribution >= 4 is 17.4 Å². The lowest BCUT2D eigenvalue weighted by Gasteiger charge is -2.27. The molecule has 36 heavy (non-hydrogen) atoms. The van der Waals surface area contributed by atoms with E-state index in [9.17, 15) is 14.7 Å². The van der Waals surface area contributed by atoms with Gasteiger partial charge in [0.05, 0.1) is 32.4 Å². The summed E-state index contributed by atoms with van der Waals surface area (Å²) in [6.45, 7) is 5.77. The summed E-state index contributed by atoms with van der Waals surface area (Å²) >= 11 is 0. The minimum atomic E-state index is -0.825. The predicted octanol–water partition coefficient (Wildman–Crippen LogP) is 4.11. The Hall–Kier alpha value is -3.52. The van der Waals surface area contributed by atoms with Gasteiger partial charge in [0.15, 0.2) is 0 Å². The second-order valence-electron chi connectivity index (χ2n) is 9.49. The zero-order valence-corrected chi connectivity index (χ0v) is 21.9. The van der Waals surface area contributed by atoms with E-state index >= 15 is 0 Å². The maximum Gasteiger partial charge on any atom is 0.295 e. The summed E-state index contributed by atoms with van der Waals surface area (Å²) in [6.07, 6.45) is 0.657. The summed E-state index contributed by atoms with van der Waals surface area (Å²) in [5, 5.41) is 11.3. The van der Waals surface area contributed by atoms with Crippen LogP contribution in [0.25, 0.3) is 5.76 Å². The molecule has 0 radical (unpaired) electrons. The van der Waals surface area contributed by atoms with Crippen molar-refractivity contribution in [1.29, 1.82) is 0 Å². The van der Waals surface area contributed by atoms with Crippen LogP contribution in [0.3, 0.4) is 0 Å². The van der Waals surface area contributed by atoms with E-state index in [0.717, 1.165) is 6.54 Å². The molecule has 1 heterocycles. The van der Waals surface area contributed by atoms with Crippen LogP contribution in [0.2, 0.25) is 0 Å². The number of carbonyl (C=O) groups is 2. The van der Waals surface area contributed by atoms with Crippen LogP contribution in [0.5, 0.6) is 17.2 Å². The second-order valence-corrected chi connectivity index (χ2v) is 9.49. The molecule has 2 aromatic rings. The minimum absolute atomic E-state index is 0.0206. The number of amides is 1. The normalized spacial score (nSPS) is 17.2. The Labute approximate surface area is 213 Å². The molecule has 0 bridgehead atoms. The van der Waals surface area contributed by atoms with Crippen LogP contribution in [0.1, 0.15) is 37.4 Å².